The largest absolute Gasteiger partial charge is 0.480 e. The molecule has 1 N–H and O–H groups in total. The standard InChI is InChI=1S/C8H13NO5S/c10-7(11)8(5-15(12,13)6-8)9-1-3-14-4-2-9/h1-6H2,(H,10,11). The van der Waals surface area contributed by atoms with E-state index in [1.807, 2.05) is 0 Å². The van der Waals surface area contributed by atoms with E-state index in [0.717, 1.165) is 0 Å². The summed E-state index contributed by atoms with van der Waals surface area (Å²) in [5.41, 5.74) is -1.19. The molecule has 0 atom stereocenters. The van der Waals surface area contributed by atoms with Crippen LogP contribution in [-0.2, 0) is 19.4 Å². The Balaban J connectivity index is 2.17. The van der Waals surface area contributed by atoms with Gasteiger partial charge in [0.05, 0.1) is 24.7 Å². The van der Waals surface area contributed by atoms with Gasteiger partial charge in [0.1, 0.15) is 5.54 Å². The lowest BCUT2D eigenvalue weighted by molar-refractivity contribution is -0.152. The van der Waals surface area contributed by atoms with Crippen LogP contribution in [0.4, 0.5) is 0 Å². The number of rotatable bonds is 2. The third-order valence-electron chi connectivity index (χ3n) is 2.93. The summed E-state index contributed by atoms with van der Waals surface area (Å²) in [6.45, 7) is 1.91. The third kappa shape index (κ3) is 1.75. The smallest absolute Gasteiger partial charge is 0.326 e. The van der Waals surface area contributed by atoms with Crippen LogP contribution in [0.15, 0.2) is 0 Å². The van der Waals surface area contributed by atoms with Gasteiger partial charge in [-0.1, -0.05) is 0 Å². The molecule has 6 nitrogen and oxygen atoms in total. The van der Waals surface area contributed by atoms with Gasteiger partial charge in [0.15, 0.2) is 9.84 Å². The summed E-state index contributed by atoms with van der Waals surface area (Å²) in [6.07, 6.45) is 0. The maximum absolute atomic E-state index is 11.1. The molecular weight excluding hydrogens is 222 g/mol. The lowest BCUT2D eigenvalue weighted by atomic mass is 10.0. The quantitative estimate of drug-likeness (QED) is 0.632. The zero-order valence-corrected chi connectivity index (χ0v) is 8.99. The van der Waals surface area contributed by atoms with Gasteiger partial charge in [0.25, 0.3) is 0 Å². The minimum Gasteiger partial charge on any atom is -0.480 e. The van der Waals surface area contributed by atoms with E-state index >= 15 is 0 Å². The van der Waals surface area contributed by atoms with Crippen molar-refractivity contribution in [1.82, 2.24) is 4.90 Å². The van der Waals surface area contributed by atoms with E-state index in [2.05, 4.69) is 0 Å². The minimum atomic E-state index is -3.15. The molecule has 0 bridgehead atoms. The second-order valence-electron chi connectivity index (χ2n) is 3.97. The molecule has 15 heavy (non-hydrogen) atoms. The Hall–Kier alpha value is -0.660. The van der Waals surface area contributed by atoms with Gasteiger partial charge in [-0.3, -0.25) is 9.69 Å². The van der Waals surface area contributed by atoms with E-state index in [-0.39, 0.29) is 11.5 Å². The molecule has 0 aromatic heterocycles. The third-order valence-corrected chi connectivity index (χ3v) is 4.77. The molecule has 86 valence electrons. The Kier molecular flexibility index (Phi) is 2.48. The van der Waals surface area contributed by atoms with Crippen molar-refractivity contribution in [3.63, 3.8) is 0 Å². The highest BCUT2D eigenvalue weighted by Crippen LogP contribution is 2.31. The number of carbonyl (C=O) groups is 1. The van der Waals surface area contributed by atoms with Crippen LogP contribution in [0.5, 0.6) is 0 Å². The monoisotopic (exact) mass is 235 g/mol. The Morgan fingerprint density at radius 2 is 1.80 bits per heavy atom. The van der Waals surface area contributed by atoms with Crippen molar-refractivity contribution >= 4 is 15.8 Å². The molecule has 2 fully saturated rings. The number of hydrogen-bond donors (Lipinski definition) is 1. The van der Waals surface area contributed by atoms with E-state index in [0.29, 0.717) is 26.3 Å². The van der Waals surface area contributed by atoms with E-state index in [1.165, 1.54) is 0 Å². The molecule has 0 unspecified atom stereocenters. The fourth-order valence-electron chi connectivity index (χ4n) is 2.12. The molecule has 7 heteroatoms. The van der Waals surface area contributed by atoms with Gasteiger partial charge in [0, 0.05) is 13.1 Å². The molecule has 0 aliphatic carbocycles. The summed E-state index contributed by atoms with van der Waals surface area (Å²) in [6, 6.07) is 0. The average molecular weight is 235 g/mol. The van der Waals surface area contributed by atoms with Crippen molar-refractivity contribution in [3.8, 4) is 0 Å². The van der Waals surface area contributed by atoms with Crippen LogP contribution in [0.3, 0.4) is 0 Å². The summed E-state index contributed by atoms with van der Waals surface area (Å²) in [4.78, 5) is 12.9. The van der Waals surface area contributed by atoms with Crippen LogP contribution in [0.2, 0.25) is 0 Å². The Labute approximate surface area is 87.7 Å². The number of aliphatic carboxylic acids is 1. The van der Waals surface area contributed by atoms with Gasteiger partial charge in [-0.2, -0.15) is 0 Å². The fourth-order valence-corrected chi connectivity index (χ4v) is 4.10. The summed E-state index contributed by atoms with van der Waals surface area (Å²) in [7, 11) is -3.15. The molecular formula is C8H13NO5S. The van der Waals surface area contributed by atoms with Crippen molar-refractivity contribution < 1.29 is 23.1 Å². The zero-order valence-electron chi connectivity index (χ0n) is 8.18. The molecule has 0 saturated carbocycles. The average Bonchev–Trinajstić information content (AvgIpc) is 2.14. The maximum Gasteiger partial charge on any atom is 0.326 e. The number of nitrogens with zero attached hydrogens (tertiary/aromatic N) is 1. The Bertz CT molecular complexity index is 358. The zero-order chi connectivity index (χ0) is 11.1. The normalized spacial score (nSPS) is 29.3. The van der Waals surface area contributed by atoms with Crippen LogP contribution >= 0.6 is 0 Å². The van der Waals surface area contributed by atoms with Crippen LogP contribution in [0, 0.1) is 0 Å². The number of morpholine rings is 1. The number of carboxylic acid groups (broad SMARTS) is 1. The fraction of sp³-hybridized carbons (Fsp3) is 0.875. The topological polar surface area (TPSA) is 83.9 Å². The van der Waals surface area contributed by atoms with Crippen LogP contribution in [0.1, 0.15) is 0 Å². The lowest BCUT2D eigenvalue weighted by Crippen LogP contribution is -2.71. The minimum absolute atomic E-state index is 0.269. The lowest BCUT2D eigenvalue weighted by Gasteiger charge is -2.47. The first-order valence-electron chi connectivity index (χ1n) is 4.73. The van der Waals surface area contributed by atoms with Gasteiger partial charge < -0.3 is 9.84 Å². The van der Waals surface area contributed by atoms with E-state index in [1.54, 1.807) is 4.90 Å². The molecule has 2 saturated heterocycles. The van der Waals surface area contributed by atoms with Crippen LogP contribution in [0.25, 0.3) is 0 Å². The Morgan fingerprint density at radius 3 is 2.20 bits per heavy atom. The van der Waals surface area contributed by atoms with E-state index in [9.17, 15) is 13.2 Å². The van der Waals surface area contributed by atoms with Crippen LogP contribution < -0.4 is 0 Å². The molecule has 2 rings (SSSR count). The van der Waals surface area contributed by atoms with Crippen molar-refractivity contribution in [3.05, 3.63) is 0 Å². The van der Waals surface area contributed by atoms with Crippen LogP contribution in [-0.4, -0.2) is 67.7 Å². The van der Waals surface area contributed by atoms with Gasteiger partial charge in [0.2, 0.25) is 0 Å². The van der Waals surface area contributed by atoms with Crippen molar-refractivity contribution in [1.29, 1.82) is 0 Å². The highest BCUT2D eigenvalue weighted by atomic mass is 32.2. The van der Waals surface area contributed by atoms with Crippen molar-refractivity contribution in [2.24, 2.45) is 0 Å². The molecule has 2 heterocycles. The first-order valence-corrected chi connectivity index (χ1v) is 6.55. The number of sulfone groups is 1. The second-order valence-corrected chi connectivity index (χ2v) is 6.03. The van der Waals surface area contributed by atoms with Crippen molar-refractivity contribution in [2.45, 2.75) is 5.54 Å². The predicted molar refractivity (Wildman–Crippen MR) is 51.4 cm³/mol. The first-order chi connectivity index (χ1) is 6.96. The molecule has 2 aliphatic heterocycles. The predicted octanol–water partition coefficient (Wildman–Crippen LogP) is -1.43. The summed E-state index contributed by atoms with van der Waals surface area (Å²) >= 11 is 0. The number of carboxylic acids is 1. The molecule has 0 aromatic rings. The summed E-state index contributed by atoms with van der Waals surface area (Å²) in [5, 5.41) is 9.12. The van der Waals surface area contributed by atoms with Crippen molar-refractivity contribution in [2.75, 3.05) is 37.8 Å². The van der Waals surface area contributed by atoms with E-state index in [4.69, 9.17) is 9.84 Å². The maximum atomic E-state index is 11.1. The highest BCUT2D eigenvalue weighted by molar-refractivity contribution is 7.93. The number of ether oxygens (including phenoxy) is 1. The second kappa shape index (κ2) is 3.43. The Morgan fingerprint density at radius 1 is 1.27 bits per heavy atom. The van der Waals surface area contributed by atoms with E-state index < -0.39 is 21.3 Å². The molecule has 0 amide bonds. The first kappa shape index (κ1) is 10.8. The van der Waals surface area contributed by atoms with Gasteiger partial charge in [-0.15, -0.1) is 0 Å². The van der Waals surface area contributed by atoms with Gasteiger partial charge in [-0.05, 0) is 0 Å². The molecule has 2 aliphatic rings. The number of hydrogen-bond acceptors (Lipinski definition) is 5. The van der Waals surface area contributed by atoms with Gasteiger partial charge >= 0.3 is 5.97 Å². The highest BCUT2D eigenvalue weighted by Gasteiger charge is 2.58. The molecule has 0 spiro atoms. The molecule has 0 radical (unpaired) electrons. The summed E-state index contributed by atoms with van der Waals surface area (Å²) < 4.78 is 27.4. The SMILES string of the molecule is O=C(O)C1(N2CCOCC2)CS(=O)(=O)C1. The van der Waals surface area contributed by atoms with Gasteiger partial charge in [-0.25, -0.2) is 8.42 Å². The molecule has 0 aromatic carbocycles. The summed E-state index contributed by atoms with van der Waals surface area (Å²) in [5.74, 6) is -1.58.